The van der Waals surface area contributed by atoms with Gasteiger partial charge in [-0.05, 0) is 47.3 Å². The zero-order valence-corrected chi connectivity index (χ0v) is 17.2. The predicted octanol–water partition coefficient (Wildman–Crippen LogP) is 4.55. The molecule has 0 radical (unpaired) electrons. The Bertz CT molecular complexity index is 1180. The lowest BCUT2D eigenvalue weighted by Crippen LogP contribution is -2.15. The zero-order valence-electron chi connectivity index (χ0n) is 15.6. The van der Waals surface area contributed by atoms with Crippen LogP contribution in [0.2, 0.25) is 5.02 Å². The molecule has 0 fully saturated rings. The number of benzene rings is 1. The van der Waals surface area contributed by atoms with Crippen LogP contribution in [-0.2, 0) is 6.54 Å². The van der Waals surface area contributed by atoms with E-state index in [0.29, 0.717) is 33.5 Å². The molecule has 0 saturated carbocycles. The van der Waals surface area contributed by atoms with Gasteiger partial charge in [-0.2, -0.15) is 5.10 Å². The second-order valence-electron chi connectivity index (χ2n) is 6.33. The third-order valence-electron chi connectivity index (χ3n) is 4.20. The number of carbonyl (C=O) groups is 2. The van der Waals surface area contributed by atoms with Gasteiger partial charge in [0.1, 0.15) is 0 Å². The number of anilines is 2. The van der Waals surface area contributed by atoms with E-state index in [4.69, 9.17) is 11.6 Å². The van der Waals surface area contributed by atoms with Crippen molar-refractivity contribution >= 4 is 46.3 Å². The molecule has 150 valence electrons. The lowest BCUT2D eigenvalue weighted by atomic mass is 10.2. The highest BCUT2D eigenvalue weighted by Gasteiger charge is 2.14. The minimum atomic E-state index is -0.354. The number of amides is 2. The Morgan fingerprint density at radius 2 is 1.87 bits per heavy atom. The first-order valence-electron chi connectivity index (χ1n) is 8.96. The molecular formula is C21H16ClN5O2S. The van der Waals surface area contributed by atoms with E-state index in [1.54, 1.807) is 53.6 Å². The van der Waals surface area contributed by atoms with Gasteiger partial charge in [0.25, 0.3) is 11.8 Å². The van der Waals surface area contributed by atoms with Gasteiger partial charge in [0.05, 0.1) is 22.1 Å². The molecule has 7 nitrogen and oxygen atoms in total. The first-order valence-corrected chi connectivity index (χ1v) is 10.2. The van der Waals surface area contributed by atoms with Gasteiger partial charge in [0, 0.05) is 30.2 Å². The number of carbonyl (C=O) groups excluding carboxylic acids is 2. The van der Waals surface area contributed by atoms with Crippen molar-refractivity contribution in [2.24, 2.45) is 0 Å². The van der Waals surface area contributed by atoms with Crippen LogP contribution in [0, 0.1) is 0 Å². The molecule has 2 N–H and O–H groups in total. The van der Waals surface area contributed by atoms with Crippen molar-refractivity contribution in [1.82, 2.24) is 14.8 Å². The number of rotatable bonds is 6. The van der Waals surface area contributed by atoms with E-state index in [1.165, 1.54) is 17.4 Å². The fourth-order valence-corrected chi connectivity index (χ4v) is 3.52. The van der Waals surface area contributed by atoms with Crippen LogP contribution in [-0.4, -0.2) is 26.6 Å². The lowest BCUT2D eigenvalue weighted by molar-refractivity contribution is 0.101. The highest BCUT2D eigenvalue weighted by Crippen LogP contribution is 2.25. The van der Waals surface area contributed by atoms with Gasteiger partial charge in [-0.15, -0.1) is 11.3 Å². The summed E-state index contributed by atoms with van der Waals surface area (Å²) in [5.41, 5.74) is 1.77. The maximum absolute atomic E-state index is 12.6. The van der Waals surface area contributed by atoms with Crippen molar-refractivity contribution < 1.29 is 9.59 Å². The highest BCUT2D eigenvalue weighted by atomic mass is 35.5. The predicted molar refractivity (Wildman–Crippen MR) is 117 cm³/mol. The van der Waals surface area contributed by atoms with E-state index in [9.17, 15) is 9.59 Å². The number of thiophene rings is 1. The monoisotopic (exact) mass is 437 g/mol. The minimum Gasteiger partial charge on any atom is -0.320 e. The molecule has 9 heteroatoms. The molecule has 2 amide bonds. The maximum Gasteiger partial charge on any atom is 0.265 e. The summed E-state index contributed by atoms with van der Waals surface area (Å²) < 4.78 is 1.72. The summed E-state index contributed by atoms with van der Waals surface area (Å²) in [5.74, 6) is -0.208. The Balaban J connectivity index is 1.44. The normalized spacial score (nSPS) is 10.6. The number of nitrogens with zero attached hydrogens (tertiary/aromatic N) is 3. The lowest BCUT2D eigenvalue weighted by Gasteiger charge is -2.09. The molecule has 0 bridgehead atoms. The SMILES string of the molecule is O=C(Nc1ccn(Cc2ccncc2)n1)c1ccc(Cl)c(NC(=O)c2cccs2)c1. The molecule has 3 aromatic heterocycles. The summed E-state index contributed by atoms with van der Waals surface area (Å²) in [5, 5.41) is 12.0. The van der Waals surface area contributed by atoms with Gasteiger partial charge in [-0.3, -0.25) is 19.3 Å². The largest absolute Gasteiger partial charge is 0.320 e. The summed E-state index contributed by atoms with van der Waals surface area (Å²) in [6.45, 7) is 0.568. The van der Waals surface area contributed by atoms with E-state index in [2.05, 4.69) is 20.7 Å². The van der Waals surface area contributed by atoms with Gasteiger partial charge in [-0.1, -0.05) is 17.7 Å². The van der Waals surface area contributed by atoms with E-state index >= 15 is 0 Å². The summed E-state index contributed by atoms with van der Waals surface area (Å²) in [6.07, 6.45) is 5.22. The third kappa shape index (κ3) is 4.73. The van der Waals surface area contributed by atoms with Gasteiger partial charge >= 0.3 is 0 Å². The Hall–Kier alpha value is -3.49. The molecule has 0 spiro atoms. The molecule has 0 aliphatic rings. The van der Waals surface area contributed by atoms with Crippen molar-refractivity contribution in [3.63, 3.8) is 0 Å². The standard InChI is InChI=1S/C21H16ClN5O2S/c22-16-4-3-15(12-17(16)24-21(29)18-2-1-11-30-18)20(28)25-19-7-10-27(26-19)13-14-5-8-23-9-6-14/h1-12H,13H2,(H,24,29)(H,25,26,28). The van der Waals surface area contributed by atoms with Crippen LogP contribution in [0.5, 0.6) is 0 Å². The van der Waals surface area contributed by atoms with E-state index in [-0.39, 0.29) is 11.8 Å². The Kier molecular flexibility index (Phi) is 5.87. The smallest absolute Gasteiger partial charge is 0.265 e. The van der Waals surface area contributed by atoms with Crippen LogP contribution in [0.4, 0.5) is 11.5 Å². The molecule has 4 rings (SSSR count). The molecule has 3 heterocycles. The molecule has 0 atom stereocenters. The van der Waals surface area contributed by atoms with Crippen molar-refractivity contribution in [2.75, 3.05) is 10.6 Å². The summed E-state index contributed by atoms with van der Waals surface area (Å²) >= 11 is 7.51. The highest BCUT2D eigenvalue weighted by molar-refractivity contribution is 7.12. The Morgan fingerprint density at radius 3 is 2.63 bits per heavy atom. The Morgan fingerprint density at radius 1 is 1.03 bits per heavy atom. The fraction of sp³-hybridized carbons (Fsp3) is 0.0476. The van der Waals surface area contributed by atoms with E-state index in [1.807, 2.05) is 17.5 Å². The van der Waals surface area contributed by atoms with Gasteiger partial charge in [0.2, 0.25) is 0 Å². The molecule has 0 unspecified atom stereocenters. The molecule has 1 aromatic carbocycles. The number of hydrogen-bond donors (Lipinski definition) is 2. The van der Waals surface area contributed by atoms with Gasteiger partial charge in [-0.25, -0.2) is 0 Å². The average molecular weight is 438 g/mol. The first kappa shape index (κ1) is 19.8. The number of halogens is 1. The molecular weight excluding hydrogens is 422 g/mol. The molecule has 30 heavy (non-hydrogen) atoms. The van der Waals surface area contributed by atoms with Gasteiger partial charge < -0.3 is 10.6 Å². The van der Waals surface area contributed by atoms with Crippen LogP contribution in [0.25, 0.3) is 0 Å². The number of pyridine rings is 1. The first-order chi connectivity index (χ1) is 14.6. The summed E-state index contributed by atoms with van der Waals surface area (Å²) in [7, 11) is 0. The van der Waals surface area contributed by atoms with Crippen LogP contribution in [0.3, 0.4) is 0 Å². The van der Waals surface area contributed by atoms with Crippen molar-refractivity contribution in [3.05, 3.63) is 93.5 Å². The molecule has 4 aromatic rings. The maximum atomic E-state index is 12.6. The molecule has 0 saturated heterocycles. The third-order valence-corrected chi connectivity index (χ3v) is 5.40. The zero-order chi connectivity index (χ0) is 20.9. The van der Waals surface area contributed by atoms with Gasteiger partial charge in [0.15, 0.2) is 5.82 Å². The fourth-order valence-electron chi connectivity index (χ4n) is 2.73. The molecule has 0 aliphatic heterocycles. The minimum absolute atomic E-state index is 0.278. The van der Waals surface area contributed by atoms with Crippen molar-refractivity contribution in [1.29, 1.82) is 0 Å². The van der Waals surface area contributed by atoms with Crippen LogP contribution >= 0.6 is 22.9 Å². The van der Waals surface area contributed by atoms with E-state index < -0.39 is 0 Å². The van der Waals surface area contributed by atoms with Crippen LogP contribution in [0.1, 0.15) is 25.6 Å². The quantitative estimate of drug-likeness (QED) is 0.463. The summed E-state index contributed by atoms with van der Waals surface area (Å²) in [6, 6.07) is 13.7. The van der Waals surface area contributed by atoms with Crippen molar-refractivity contribution in [2.45, 2.75) is 6.54 Å². The molecule has 0 aliphatic carbocycles. The average Bonchev–Trinajstić information content (AvgIpc) is 3.43. The van der Waals surface area contributed by atoms with Crippen LogP contribution in [0.15, 0.2) is 72.5 Å². The van der Waals surface area contributed by atoms with Crippen molar-refractivity contribution in [3.8, 4) is 0 Å². The summed E-state index contributed by atoms with van der Waals surface area (Å²) in [4.78, 5) is 29.5. The second-order valence-corrected chi connectivity index (χ2v) is 7.69. The number of hydrogen-bond acceptors (Lipinski definition) is 5. The van der Waals surface area contributed by atoms with Crippen LogP contribution < -0.4 is 10.6 Å². The topological polar surface area (TPSA) is 88.9 Å². The number of aromatic nitrogens is 3. The number of nitrogens with one attached hydrogen (secondary N) is 2. The second kappa shape index (κ2) is 8.89. The van der Waals surface area contributed by atoms with E-state index in [0.717, 1.165) is 5.56 Å². The Labute approximate surface area is 181 Å².